The van der Waals surface area contributed by atoms with Gasteiger partial charge in [0.2, 0.25) is 5.91 Å². The number of hydrogen-bond donors (Lipinski definition) is 1. The molecule has 0 saturated carbocycles. The molecular formula is C24H24N2O5. The monoisotopic (exact) mass is 420 g/mol. The van der Waals surface area contributed by atoms with Gasteiger partial charge in [0.05, 0.1) is 7.11 Å². The van der Waals surface area contributed by atoms with E-state index in [1.807, 2.05) is 30.3 Å². The molecule has 1 aliphatic rings. The van der Waals surface area contributed by atoms with Crippen LogP contribution in [0.3, 0.4) is 0 Å². The lowest BCUT2D eigenvalue weighted by Crippen LogP contribution is -2.16. The first-order valence-corrected chi connectivity index (χ1v) is 10.1. The van der Waals surface area contributed by atoms with Crippen molar-refractivity contribution < 1.29 is 23.7 Å². The first-order chi connectivity index (χ1) is 15.2. The zero-order valence-corrected chi connectivity index (χ0v) is 17.3. The molecule has 3 aromatic rings. The van der Waals surface area contributed by atoms with Crippen molar-refractivity contribution in [2.75, 3.05) is 25.6 Å². The summed E-state index contributed by atoms with van der Waals surface area (Å²) in [6, 6.07) is 14.9. The van der Waals surface area contributed by atoms with Gasteiger partial charge in [-0.3, -0.25) is 9.78 Å². The maximum atomic E-state index is 12.5. The summed E-state index contributed by atoms with van der Waals surface area (Å²) < 4.78 is 22.4. The second-order valence-corrected chi connectivity index (χ2v) is 7.04. The van der Waals surface area contributed by atoms with Gasteiger partial charge in [0, 0.05) is 30.6 Å². The van der Waals surface area contributed by atoms with Gasteiger partial charge in [-0.25, -0.2) is 0 Å². The fourth-order valence-electron chi connectivity index (χ4n) is 3.23. The third-order valence-corrected chi connectivity index (χ3v) is 4.84. The highest BCUT2D eigenvalue weighted by Crippen LogP contribution is 2.32. The minimum Gasteiger partial charge on any atom is -0.493 e. The third-order valence-electron chi connectivity index (χ3n) is 4.84. The van der Waals surface area contributed by atoms with E-state index in [-0.39, 0.29) is 5.91 Å². The molecular weight excluding hydrogens is 396 g/mol. The summed E-state index contributed by atoms with van der Waals surface area (Å²) in [5, 5.41) is 2.92. The maximum Gasteiger partial charge on any atom is 0.224 e. The lowest BCUT2D eigenvalue weighted by atomic mass is 10.1. The van der Waals surface area contributed by atoms with Crippen molar-refractivity contribution in [1.29, 1.82) is 0 Å². The maximum absolute atomic E-state index is 12.5. The topological polar surface area (TPSA) is 78.9 Å². The number of rotatable bonds is 8. The number of hydrogen-bond acceptors (Lipinski definition) is 6. The first-order valence-electron chi connectivity index (χ1n) is 10.1. The first kappa shape index (κ1) is 20.5. The molecule has 0 atom stereocenters. The summed E-state index contributed by atoms with van der Waals surface area (Å²) in [6.45, 7) is 1.48. The molecule has 1 amide bonds. The number of nitrogens with one attached hydrogen (secondary N) is 1. The van der Waals surface area contributed by atoms with Crippen LogP contribution < -0.4 is 24.3 Å². The van der Waals surface area contributed by atoms with E-state index in [2.05, 4.69) is 10.3 Å². The lowest BCUT2D eigenvalue weighted by molar-refractivity contribution is -0.116. The number of benzene rings is 2. The number of carbonyl (C=O) groups excluding carboxylic acids is 1. The summed E-state index contributed by atoms with van der Waals surface area (Å²) in [7, 11) is 1.58. The number of amides is 1. The van der Waals surface area contributed by atoms with Crippen LogP contribution in [0.4, 0.5) is 5.69 Å². The van der Waals surface area contributed by atoms with Crippen molar-refractivity contribution in [3.8, 4) is 23.0 Å². The Labute approximate surface area is 180 Å². The predicted octanol–water partition coefficient (Wildman–Crippen LogP) is 4.01. The van der Waals surface area contributed by atoms with E-state index in [1.54, 1.807) is 37.7 Å². The van der Waals surface area contributed by atoms with Crippen LogP contribution in [0.2, 0.25) is 0 Å². The fraction of sp³-hybridized carbons (Fsp3) is 0.250. The molecule has 0 spiro atoms. The van der Waals surface area contributed by atoms with Crippen LogP contribution in [0.5, 0.6) is 23.0 Å². The standard InChI is InChI=1S/C24H24N2O5/c1-28-20-6-4-19(15-23(20)31-16-18-8-10-25-11-9-18)26-24(27)7-3-17-2-5-21-22(14-17)30-13-12-29-21/h2,4-6,8-11,14-15H,3,7,12-13,16H2,1H3,(H,26,27). The SMILES string of the molecule is COc1ccc(NC(=O)CCc2ccc3c(c2)OCCO3)cc1OCc1ccncc1. The third kappa shape index (κ3) is 5.45. The van der Waals surface area contributed by atoms with E-state index in [9.17, 15) is 4.79 Å². The van der Waals surface area contributed by atoms with E-state index in [1.165, 1.54) is 0 Å². The van der Waals surface area contributed by atoms with Crippen LogP contribution in [-0.4, -0.2) is 31.2 Å². The molecule has 0 fully saturated rings. The van der Waals surface area contributed by atoms with Gasteiger partial charge in [-0.2, -0.15) is 0 Å². The predicted molar refractivity (Wildman–Crippen MR) is 116 cm³/mol. The van der Waals surface area contributed by atoms with E-state index in [0.29, 0.717) is 49.8 Å². The van der Waals surface area contributed by atoms with E-state index in [4.69, 9.17) is 18.9 Å². The van der Waals surface area contributed by atoms with Gasteiger partial charge >= 0.3 is 0 Å². The molecule has 1 aromatic heterocycles. The van der Waals surface area contributed by atoms with E-state index in [0.717, 1.165) is 22.6 Å². The average molecular weight is 420 g/mol. The number of methoxy groups -OCH3 is 1. The average Bonchev–Trinajstić information content (AvgIpc) is 2.82. The highest BCUT2D eigenvalue weighted by atomic mass is 16.6. The van der Waals surface area contributed by atoms with Crippen LogP contribution in [0.25, 0.3) is 0 Å². The molecule has 2 heterocycles. The second kappa shape index (κ2) is 9.84. The zero-order chi connectivity index (χ0) is 21.5. The summed E-state index contributed by atoms with van der Waals surface area (Å²) >= 11 is 0. The van der Waals surface area contributed by atoms with Crippen molar-refractivity contribution in [1.82, 2.24) is 4.98 Å². The number of anilines is 1. The van der Waals surface area contributed by atoms with Crippen LogP contribution >= 0.6 is 0 Å². The number of nitrogens with zero attached hydrogens (tertiary/aromatic N) is 1. The van der Waals surface area contributed by atoms with Crippen LogP contribution in [0.1, 0.15) is 17.5 Å². The van der Waals surface area contributed by atoms with Gasteiger partial charge < -0.3 is 24.3 Å². The Morgan fingerprint density at radius 1 is 0.968 bits per heavy atom. The van der Waals surface area contributed by atoms with Gasteiger partial charge in [0.15, 0.2) is 23.0 Å². The summed E-state index contributed by atoms with van der Waals surface area (Å²) in [4.78, 5) is 16.5. The molecule has 7 heteroatoms. The van der Waals surface area contributed by atoms with Crippen molar-refractivity contribution in [3.63, 3.8) is 0 Å². The number of carbonyl (C=O) groups is 1. The molecule has 0 saturated heterocycles. The lowest BCUT2D eigenvalue weighted by Gasteiger charge is -2.18. The quantitative estimate of drug-likeness (QED) is 0.593. The molecule has 1 aliphatic heterocycles. The van der Waals surface area contributed by atoms with Crippen LogP contribution in [0.15, 0.2) is 60.9 Å². The number of aromatic nitrogens is 1. The molecule has 2 aromatic carbocycles. The molecule has 0 bridgehead atoms. The summed E-state index contributed by atoms with van der Waals surface area (Å²) in [5.41, 5.74) is 2.67. The van der Waals surface area contributed by atoms with Crippen LogP contribution in [0, 0.1) is 0 Å². The minimum atomic E-state index is -0.0832. The summed E-state index contributed by atoms with van der Waals surface area (Å²) in [5.74, 6) is 2.56. The fourth-order valence-corrected chi connectivity index (χ4v) is 3.23. The number of aryl methyl sites for hydroxylation is 1. The van der Waals surface area contributed by atoms with Gasteiger partial charge in [0.25, 0.3) is 0 Å². The summed E-state index contributed by atoms with van der Waals surface area (Å²) in [6.07, 6.45) is 4.38. The van der Waals surface area contributed by atoms with Gasteiger partial charge in [-0.15, -0.1) is 0 Å². The molecule has 0 aliphatic carbocycles. The van der Waals surface area contributed by atoms with E-state index >= 15 is 0 Å². The Kier molecular flexibility index (Phi) is 6.52. The van der Waals surface area contributed by atoms with Gasteiger partial charge in [-0.05, 0) is 53.9 Å². The molecule has 0 radical (unpaired) electrons. The Balaban J connectivity index is 1.35. The Bertz CT molecular complexity index is 1040. The second-order valence-electron chi connectivity index (χ2n) is 7.04. The van der Waals surface area contributed by atoms with Crippen LogP contribution in [-0.2, 0) is 17.8 Å². The Morgan fingerprint density at radius 3 is 2.58 bits per heavy atom. The molecule has 7 nitrogen and oxygen atoms in total. The normalized spacial score (nSPS) is 12.2. The molecule has 1 N–H and O–H groups in total. The molecule has 31 heavy (non-hydrogen) atoms. The smallest absolute Gasteiger partial charge is 0.224 e. The van der Waals surface area contributed by atoms with E-state index < -0.39 is 0 Å². The Morgan fingerprint density at radius 2 is 1.77 bits per heavy atom. The highest BCUT2D eigenvalue weighted by molar-refractivity contribution is 5.91. The number of pyridine rings is 1. The Hall–Kier alpha value is -3.74. The van der Waals surface area contributed by atoms with Gasteiger partial charge in [0.1, 0.15) is 19.8 Å². The van der Waals surface area contributed by atoms with Crippen molar-refractivity contribution in [3.05, 3.63) is 72.1 Å². The number of ether oxygens (including phenoxy) is 4. The molecule has 160 valence electrons. The number of fused-ring (bicyclic) bond motifs is 1. The molecule has 4 rings (SSSR count). The molecule has 0 unspecified atom stereocenters. The highest BCUT2D eigenvalue weighted by Gasteiger charge is 2.13. The zero-order valence-electron chi connectivity index (χ0n) is 17.3. The van der Waals surface area contributed by atoms with Crippen molar-refractivity contribution in [2.24, 2.45) is 0 Å². The minimum absolute atomic E-state index is 0.0832. The van der Waals surface area contributed by atoms with Crippen molar-refractivity contribution >= 4 is 11.6 Å². The van der Waals surface area contributed by atoms with Gasteiger partial charge in [-0.1, -0.05) is 6.07 Å². The van der Waals surface area contributed by atoms with Crippen molar-refractivity contribution in [2.45, 2.75) is 19.4 Å². The largest absolute Gasteiger partial charge is 0.493 e.